The maximum atomic E-state index is 12.1. The molecule has 1 heterocycles. The molecule has 0 aliphatic carbocycles. The summed E-state index contributed by atoms with van der Waals surface area (Å²) >= 11 is 3.39. The van der Waals surface area contributed by atoms with Crippen molar-refractivity contribution in [2.24, 2.45) is 0 Å². The van der Waals surface area contributed by atoms with Gasteiger partial charge < -0.3 is 15.4 Å². The summed E-state index contributed by atoms with van der Waals surface area (Å²) in [5.74, 6) is 1.35. The van der Waals surface area contributed by atoms with Crippen molar-refractivity contribution in [2.75, 3.05) is 11.9 Å². The highest BCUT2D eigenvalue weighted by molar-refractivity contribution is 9.10. The summed E-state index contributed by atoms with van der Waals surface area (Å²) in [6.07, 6.45) is 1.74. The van der Waals surface area contributed by atoms with Crippen LogP contribution in [0.1, 0.15) is 18.7 Å². The molecule has 0 radical (unpaired) electrons. The molecule has 1 unspecified atom stereocenters. The SMILES string of the molecule is CC(NCC(=O)Nc1ccc(Oc2ccc(Br)cc2)cc1)c1ccccn1. The number of carbonyl (C=O) groups is 1. The number of hydrogen-bond acceptors (Lipinski definition) is 4. The van der Waals surface area contributed by atoms with Crippen molar-refractivity contribution < 1.29 is 9.53 Å². The average molecular weight is 426 g/mol. The molecule has 6 heteroatoms. The van der Waals surface area contributed by atoms with Gasteiger partial charge in [-0.2, -0.15) is 0 Å². The molecule has 5 nitrogen and oxygen atoms in total. The summed E-state index contributed by atoms with van der Waals surface area (Å²) in [7, 11) is 0. The van der Waals surface area contributed by atoms with E-state index in [2.05, 4.69) is 31.5 Å². The standard InChI is InChI=1S/C21H20BrN3O2/c1-15(20-4-2-3-13-23-20)24-14-21(26)25-17-7-11-19(12-8-17)27-18-9-5-16(22)6-10-18/h2-13,15,24H,14H2,1H3,(H,25,26). The summed E-state index contributed by atoms with van der Waals surface area (Å²) < 4.78 is 6.77. The zero-order chi connectivity index (χ0) is 19.1. The maximum Gasteiger partial charge on any atom is 0.238 e. The van der Waals surface area contributed by atoms with Gasteiger partial charge in [-0.05, 0) is 67.6 Å². The molecule has 0 saturated heterocycles. The van der Waals surface area contributed by atoms with E-state index in [1.165, 1.54) is 0 Å². The highest BCUT2D eigenvalue weighted by Gasteiger charge is 2.09. The molecule has 3 rings (SSSR count). The number of pyridine rings is 1. The van der Waals surface area contributed by atoms with Crippen molar-refractivity contribution >= 4 is 27.5 Å². The molecule has 3 aromatic rings. The highest BCUT2D eigenvalue weighted by Crippen LogP contribution is 2.24. The van der Waals surface area contributed by atoms with Gasteiger partial charge in [0, 0.05) is 22.4 Å². The average Bonchev–Trinajstić information content (AvgIpc) is 2.70. The van der Waals surface area contributed by atoms with Gasteiger partial charge in [0.25, 0.3) is 0 Å². The van der Waals surface area contributed by atoms with E-state index in [9.17, 15) is 4.79 Å². The lowest BCUT2D eigenvalue weighted by Gasteiger charge is -2.13. The van der Waals surface area contributed by atoms with Gasteiger partial charge in [0.05, 0.1) is 12.2 Å². The van der Waals surface area contributed by atoms with Crippen LogP contribution in [-0.2, 0) is 4.79 Å². The third-order valence-corrected chi connectivity index (χ3v) is 4.42. The van der Waals surface area contributed by atoms with E-state index < -0.39 is 0 Å². The number of nitrogens with zero attached hydrogens (tertiary/aromatic N) is 1. The fraction of sp³-hybridized carbons (Fsp3) is 0.143. The molecule has 2 aromatic carbocycles. The fourth-order valence-electron chi connectivity index (χ4n) is 2.43. The number of aromatic nitrogens is 1. The Labute approximate surface area is 166 Å². The minimum Gasteiger partial charge on any atom is -0.457 e. The van der Waals surface area contributed by atoms with Gasteiger partial charge in [-0.15, -0.1) is 0 Å². The van der Waals surface area contributed by atoms with Crippen molar-refractivity contribution in [3.63, 3.8) is 0 Å². The Morgan fingerprint density at radius 1 is 1.04 bits per heavy atom. The van der Waals surface area contributed by atoms with Gasteiger partial charge >= 0.3 is 0 Å². The van der Waals surface area contributed by atoms with E-state index in [4.69, 9.17) is 4.74 Å². The van der Waals surface area contributed by atoms with Crippen LogP contribution in [0.3, 0.4) is 0 Å². The first-order chi connectivity index (χ1) is 13.1. The van der Waals surface area contributed by atoms with E-state index in [1.807, 2.05) is 73.7 Å². The van der Waals surface area contributed by atoms with Crippen molar-refractivity contribution in [3.8, 4) is 11.5 Å². The third kappa shape index (κ3) is 5.91. The maximum absolute atomic E-state index is 12.1. The van der Waals surface area contributed by atoms with E-state index in [1.54, 1.807) is 6.20 Å². The molecule has 1 atom stereocenters. The van der Waals surface area contributed by atoms with Crippen molar-refractivity contribution in [3.05, 3.63) is 83.1 Å². The number of hydrogen-bond donors (Lipinski definition) is 2. The number of anilines is 1. The summed E-state index contributed by atoms with van der Waals surface area (Å²) in [5, 5.41) is 6.03. The van der Waals surface area contributed by atoms with E-state index >= 15 is 0 Å². The van der Waals surface area contributed by atoms with Gasteiger partial charge in [0.2, 0.25) is 5.91 Å². The smallest absolute Gasteiger partial charge is 0.238 e. The van der Waals surface area contributed by atoms with Crippen LogP contribution in [0.2, 0.25) is 0 Å². The molecular formula is C21H20BrN3O2. The van der Waals surface area contributed by atoms with Crippen molar-refractivity contribution in [2.45, 2.75) is 13.0 Å². The largest absolute Gasteiger partial charge is 0.457 e. The summed E-state index contributed by atoms with van der Waals surface area (Å²) in [4.78, 5) is 16.4. The number of nitrogens with one attached hydrogen (secondary N) is 2. The molecule has 27 heavy (non-hydrogen) atoms. The van der Waals surface area contributed by atoms with E-state index in [-0.39, 0.29) is 18.5 Å². The predicted molar refractivity (Wildman–Crippen MR) is 110 cm³/mol. The molecule has 0 aliphatic rings. The minimum atomic E-state index is -0.112. The van der Waals surface area contributed by atoms with Crippen LogP contribution in [0.4, 0.5) is 5.69 Å². The predicted octanol–water partition coefficient (Wildman–Crippen LogP) is 4.93. The molecule has 138 valence electrons. The van der Waals surface area contributed by atoms with Crippen LogP contribution in [0, 0.1) is 0 Å². The van der Waals surface area contributed by atoms with Crippen LogP contribution >= 0.6 is 15.9 Å². The third-order valence-electron chi connectivity index (χ3n) is 3.89. The number of carbonyl (C=O) groups excluding carboxylic acids is 1. The van der Waals surface area contributed by atoms with E-state index in [0.717, 1.165) is 21.6 Å². The number of rotatable bonds is 7. The topological polar surface area (TPSA) is 63.2 Å². The van der Waals surface area contributed by atoms with Crippen LogP contribution in [0.25, 0.3) is 0 Å². The van der Waals surface area contributed by atoms with Crippen LogP contribution in [0.5, 0.6) is 11.5 Å². The van der Waals surface area contributed by atoms with Crippen molar-refractivity contribution in [1.82, 2.24) is 10.3 Å². The number of halogens is 1. The molecule has 2 N–H and O–H groups in total. The first-order valence-corrected chi connectivity index (χ1v) is 9.37. The second-order valence-corrected chi connectivity index (χ2v) is 6.90. The number of amides is 1. The summed E-state index contributed by atoms with van der Waals surface area (Å²) in [6, 6.07) is 20.6. The van der Waals surface area contributed by atoms with Gasteiger partial charge in [-0.3, -0.25) is 9.78 Å². The quantitative estimate of drug-likeness (QED) is 0.563. The Balaban J connectivity index is 1.48. The molecule has 0 aliphatic heterocycles. The van der Waals surface area contributed by atoms with Gasteiger partial charge in [0.1, 0.15) is 11.5 Å². The zero-order valence-corrected chi connectivity index (χ0v) is 16.4. The lowest BCUT2D eigenvalue weighted by molar-refractivity contribution is -0.115. The first kappa shape index (κ1) is 19.1. The molecule has 0 fully saturated rings. The Hall–Kier alpha value is -2.70. The highest BCUT2D eigenvalue weighted by atomic mass is 79.9. The second-order valence-electron chi connectivity index (χ2n) is 5.99. The monoisotopic (exact) mass is 425 g/mol. The molecule has 0 spiro atoms. The summed E-state index contributed by atoms with van der Waals surface area (Å²) in [6.45, 7) is 2.18. The lowest BCUT2D eigenvalue weighted by Crippen LogP contribution is -2.30. The van der Waals surface area contributed by atoms with Gasteiger partial charge in [-0.1, -0.05) is 22.0 Å². The lowest BCUT2D eigenvalue weighted by atomic mass is 10.2. The second kappa shape index (κ2) is 9.30. The van der Waals surface area contributed by atoms with Crippen LogP contribution < -0.4 is 15.4 Å². The normalized spacial score (nSPS) is 11.6. The van der Waals surface area contributed by atoms with Gasteiger partial charge in [0.15, 0.2) is 0 Å². The number of benzene rings is 2. The number of ether oxygens (including phenoxy) is 1. The Morgan fingerprint density at radius 2 is 1.70 bits per heavy atom. The minimum absolute atomic E-state index is 0.00126. The molecular weight excluding hydrogens is 406 g/mol. The Kier molecular flexibility index (Phi) is 6.57. The molecule has 0 bridgehead atoms. The van der Waals surface area contributed by atoms with Gasteiger partial charge in [-0.25, -0.2) is 0 Å². The molecule has 1 aromatic heterocycles. The van der Waals surface area contributed by atoms with Crippen LogP contribution in [-0.4, -0.2) is 17.4 Å². The molecule has 0 saturated carbocycles. The van der Waals surface area contributed by atoms with Crippen LogP contribution in [0.15, 0.2) is 77.4 Å². The molecule has 1 amide bonds. The first-order valence-electron chi connectivity index (χ1n) is 8.58. The fourth-order valence-corrected chi connectivity index (χ4v) is 2.70. The summed E-state index contributed by atoms with van der Waals surface area (Å²) in [5.41, 5.74) is 1.62. The zero-order valence-electron chi connectivity index (χ0n) is 14.9. The van der Waals surface area contributed by atoms with E-state index in [0.29, 0.717) is 5.75 Å². The Morgan fingerprint density at radius 3 is 2.33 bits per heavy atom. The van der Waals surface area contributed by atoms with Crippen molar-refractivity contribution in [1.29, 1.82) is 0 Å². The Bertz CT molecular complexity index is 868.